The van der Waals surface area contributed by atoms with Gasteiger partial charge >= 0.3 is 5.97 Å². The molecule has 616 valence electrons. The highest BCUT2D eigenvalue weighted by Crippen LogP contribution is 2.16. The Balaban J connectivity index is 3.35. The second-order valence-electron chi connectivity index (χ2n) is 23.5. The molecule has 0 radical (unpaired) electrons. The molecule has 3 atom stereocenters. The zero-order valence-corrected chi connectivity index (χ0v) is 63.6. The molecule has 3 amide bonds. The van der Waals surface area contributed by atoms with Crippen LogP contribution in [0, 0.1) is 17.8 Å². The summed E-state index contributed by atoms with van der Waals surface area (Å²) in [6, 6.07) is -1.95. The number of methoxy groups -OCH3 is 1. The van der Waals surface area contributed by atoms with Crippen molar-refractivity contribution in [2.45, 2.75) is 78.3 Å². The Labute approximate surface area is 618 Å². The van der Waals surface area contributed by atoms with Crippen molar-refractivity contribution < 1.29 is 143 Å². The standard InChI is InChI=1S/C70H136N4O30/c1-61(2)58-63(70(79)80)59-67(76)73-65(60-71)69(78)74-64(68(77)62(3)4)8-6-7-10-72-66(75)9-11-82-14-15-84-18-19-86-22-23-88-26-27-90-30-31-92-34-35-94-38-39-96-42-43-98-46-47-100-50-51-102-54-55-104-57-56-103-53-52-101-49-48-99-45-44-97-41-40-95-37-36-93-33-32-91-29-28-89-25-24-87-21-20-85-17-16-83-13-12-81-5/h61-65H,6-60,71H2,1-5H3,(H,72,75)(H,73,76)(H,74,78)(H,79,80). The zero-order valence-electron chi connectivity index (χ0n) is 63.6. The van der Waals surface area contributed by atoms with Gasteiger partial charge in [0.15, 0.2) is 5.78 Å². The lowest BCUT2D eigenvalue weighted by Crippen LogP contribution is -2.55. The predicted octanol–water partition coefficient (Wildman–Crippen LogP) is 0.982. The number of Topliss-reactive ketones (excluding diaryl/α,β-unsaturated/α-hetero) is 1. The minimum atomic E-state index is -1.13. The largest absolute Gasteiger partial charge is 0.481 e. The molecule has 34 heteroatoms. The first-order chi connectivity index (χ1) is 50.9. The Bertz CT molecular complexity index is 1860. The van der Waals surface area contributed by atoms with Crippen LogP contribution in [-0.2, 0) is 138 Å². The minimum absolute atomic E-state index is 0.0662. The van der Waals surface area contributed by atoms with Crippen LogP contribution in [-0.4, -0.2) is 377 Å². The number of amides is 3. The fourth-order valence-corrected chi connectivity index (χ4v) is 8.55. The molecule has 0 aromatic rings. The number of hydrogen-bond donors (Lipinski definition) is 5. The van der Waals surface area contributed by atoms with Gasteiger partial charge in [0.05, 0.1) is 322 Å². The van der Waals surface area contributed by atoms with Gasteiger partial charge in [-0.3, -0.25) is 24.0 Å². The van der Waals surface area contributed by atoms with E-state index < -0.39 is 35.8 Å². The SMILES string of the molecule is COCCOCCOCCOCCOCCOCCOCCOCCOCCOCCOCCOCCOCCOCCOCCOCCOCCOCCOCCOCCOCCOCCOCCOCCC(=O)NCCCCC(NC(=O)C(CN)NC(=O)CC(CC(C)C)C(=O)O)C(=O)C(C)C. The highest BCUT2D eigenvalue weighted by Gasteiger charge is 2.29. The van der Waals surface area contributed by atoms with Crippen molar-refractivity contribution in [2.24, 2.45) is 23.5 Å². The number of carboxylic acids is 1. The van der Waals surface area contributed by atoms with Gasteiger partial charge in [0.1, 0.15) is 6.04 Å². The molecule has 0 aliphatic heterocycles. The molecule has 0 saturated heterocycles. The first-order valence-electron chi connectivity index (χ1n) is 37.0. The van der Waals surface area contributed by atoms with Crippen molar-refractivity contribution in [1.29, 1.82) is 0 Å². The molecule has 0 bridgehead atoms. The van der Waals surface area contributed by atoms with E-state index in [4.69, 9.17) is 119 Å². The number of ether oxygens (including phenoxy) is 24. The maximum absolute atomic E-state index is 13.1. The van der Waals surface area contributed by atoms with E-state index >= 15 is 0 Å². The van der Waals surface area contributed by atoms with Crippen LogP contribution >= 0.6 is 0 Å². The fraction of sp³-hybridized carbons (Fsp3) is 0.929. The Morgan fingerprint density at radius 1 is 0.327 bits per heavy atom. The van der Waals surface area contributed by atoms with E-state index in [1.165, 1.54) is 0 Å². The summed E-state index contributed by atoms with van der Waals surface area (Å²) in [5, 5.41) is 17.5. The van der Waals surface area contributed by atoms with Crippen LogP contribution in [0.25, 0.3) is 0 Å². The second-order valence-corrected chi connectivity index (χ2v) is 23.5. The zero-order chi connectivity index (χ0) is 75.8. The topological polar surface area (TPSA) is 389 Å². The first kappa shape index (κ1) is 101. The number of nitrogens with two attached hydrogens (primary N) is 1. The summed E-state index contributed by atoms with van der Waals surface area (Å²) in [5.41, 5.74) is 5.77. The van der Waals surface area contributed by atoms with Crippen LogP contribution in [0.3, 0.4) is 0 Å². The van der Waals surface area contributed by atoms with Gasteiger partial charge < -0.3 is 140 Å². The van der Waals surface area contributed by atoms with Crippen molar-refractivity contribution in [3.63, 3.8) is 0 Å². The predicted molar refractivity (Wildman–Crippen MR) is 380 cm³/mol. The quantitative estimate of drug-likeness (QED) is 0.0530. The van der Waals surface area contributed by atoms with Crippen LogP contribution in [0.2, 0.25) is 0 Å². The lowest BCUT2D eigenvalue weighted by Gasteiger charge is -2.24. The minimum Gasteiger partial charge on any atom is -0.481 e. The van der Waals surface area contributed by atoms with E-state index in [1.54, 1.807) is 21.0 Å². The number of unbranched alkanes of at least 4 members (excludes halogenated alkanes) is 1. The number of nitrogens with one attached hydrogen (secondary N) is 3. The van der Waals surface area contributed by atoms with Gasteiger partial charge in [-0.05, 0) is 31.6 Å². The Kier molecular flexibility index (Phi) is 79.3. The average Bonchev–Trinajstić information content (AvgIpc) is 0.960. The third-order valence-electron chi connectivity index (χ3n) is 14.0. The molecule has 0 aromatic carbocycles. The molecule has 3 unspecified atom stereocenters. The molecule has 34 nitrogen and oxygen atoms in total. The number of carboxylic acid groups (broad SMARTS) is 1. The third-order valence-corrected chi connectivity index (χ3v) is 14.0. The Morgan fingerprint density at radius 3 is 0.798 bits per heavy atom. The molecule has 0 aromatic heterocycles. The molecule has 0 rings (SSSR count). The number of carbonyl (C=O) groups excluding carboxylic acids is 4. The van der Waals surface area contributed by atoms with E-state index in [-0.39, 0.29) is 49.5 Å². The van der Waals surface area contributed by atoms with E-state index in [1.807, 2.05) is 13.8 Å². The fourth-order valence-electron chi connectivity index (χ4n) is 8.55. The molecule has 0 fully saturated rings. The summed E-state index contributed by atoms with van der Waals surface area (Å²) in [7, 11) is 1.64. The molecule has 6 N–H and O–H groups in total. The van der Waals surface area contributed by atoms with Gasteiger partial charge in [-0.25, -0.2) is 0 Å². The number of rotatable bonds is 88. The van der Waals surface area contributed by atoms with Crippen molar-refractivity contribution in [3.8, 4) is 0 Å². The Hall–Kier alpha value is -3.45. The number of hydrogen-bond acceptors (Lipinski definition) is 30. The lowest BCUT2D eigenvalue weighted by atomic mass is 9.94. The van der Waals surface area contributed by atoms with Crippen LogP contribution in [0.15, 0.2) is 0 Å². The molecule has 0 spiro atoms. The molecular formula is C70H136N4O30. The Morgan fingerprint density at radius 2 is 0.577 bits per heavy atom. The summed E-state index contributed by atoms with van der Waals surface area (Å²) >= 11 is 0. The summed E-state index contributed by atoms with van der Waals surface area (Å²) in [6.07, 6.45) is 1.61. The maximum Gasteiger partial charge on any atom is 0.307 e. The van der Waals surface area contributed by atoms with Crippen molar-refractivity contribution in [2.75, 3.05) is 331 Å². The van der Waals surface area contributed by atoms with Gasteiger partial charge in [-0.2, -0.15) is 0 Å². The van der Waals surface area contributed by atoms with Crippen molar-refractivity contribution in [1.82, 2.24) is 16.0 Å². The van der Waals surface area contributed by atoms with E-state index in [0.717, 1.165) is 0 Å². The molecule has 0 aliphatic rings. The van der Waals surface area contributed by atoms with Crippen molar-refractivity contribution in [3.05, 3.63) is 0 Å². The van der Waals surface area contributed by atoms with Crippen LogP contribution < -0.4 is 21.7 Å². The van der Waals surface area contributed by atoms with Crippen LogP contribution in [0.1, 0.15) is 66.2 Å². The molecule has 0 aliphatic carbocycles. The molecule has 0 saturated carbocycles. The van der Waals surface area contributed by atoms with Gasteiger partial charge in [0.2, 0.25) is 17.7 Å². The first-order valence-corrected chi connectivity index (χ1v) is 37.0. The van der Waals surface area contributed by atoms with Crippen LogP contribution in [0.5, 0.6) is 0 Å². The van der Waals surface area contributed by atoms with E-state index in [0.29, 0.717) is 336 Å². The maximum atomic E-state index is 13.1. The summed E-state index contributed by atoms with van der Waals surface area (Å²) in [6.45, 7) is 29.2. The van der Waals surface area contributed by atoms with E-state index in [9.17, 15) is 29.1 Å². The molecular weight excluding hydrogens is 1380 g/mol. The smallest absolute Gasteiger partial charge is 0.307 e. The number of ketones is 1. The highest BCUT2D eigenvalue weighted by molar-refractivity contribution is 5.94. The highest BCUT2D eigenvalue weighted by atomic mass is 16.6. The normalized spacial score (nSPS) is 12.6. The monoisotopic (exact) mass is 1510 g/mol. The van der Waals surface area contributed by atoms with Gasteiger partial charge in [0, 0.05) is 39.0 Å². The number of carbonyl (C=O) groups is 5. The summed E-state index contributed by atoms with van der Waals surface area (Å²) in [4.78, 5) is 62.5. The van der Waals surface area contributed by atoms with Crippen LogP contribution in [0.4, 0.5) is 0 Å². The third kappa shape index (κ3) is 75.4. The summed E-state index contributed by atoms with van der Waals surface area (Å²) in [5.74, 6) is -3.86. The molecule has 0 heterocycles. The summed E-state index contributed by atoms with van der Waals surface area (Å²) < 4.78 is 132. The number of aliphatic carboxylic acids is 1. The van der Waals surface area contributed by atoms with Gasteiger partial charge in [-0.15, -0.1) is 0 Å². The van der Waals surface area contributed by atoms with Crippen molar-refractivity contribution >= 4 is 29.5 Å². The molecule has 104 heavy (non-hydrogen) atoms. The second kappa shape index (κ2) is 82.1. The van der Waals surface area contributed by atoms with E-state index in [2.05, 4.69) is 16.0 Å². The van der Waals surface area contributed by atoms with Gasteiger partial charge in [-0.1, -0.05) is 27.7 Å². The van der Waals surface area contributed by atoms with Gasteiger partial charge in [0.25, 0.3) is 0 Å². The lowest BCUT2D eigenvalue weighted by molar-refractivity contribution is -0.144. The average molecular weight is 1510 g/mol.